The van der Waals surface area contributed by atoms with E-state index in [-0.39, 0.29) is 18.1 Å². The average Bonchev–Trinajstić information content (AvgIpc) is 1.87. The van der Waals surface area contributed by atoms with E-state index in [0.29, 0.717) is 12.1 Å². The molecule has 0 aromatic rings. The predicted octanol–water partition coefficient (Wildman–Crippen LogP) is 1.61. The molecule has 0 radical (unpaired) electrons. The third-order valence-corrected chi connectivity index (χ3v) is 1.28. The van der Waals surface area contributed by atoms with E-state index in [1.54, 1.807) is 0 Å². The molecule has 0 heterocycles. The zero-order valence-corrected chi connectivity index (χ0v) is 6.16. The van der Waals surface area contributed by atoms with Crippen LogP contribution in [0.4, 0.5) is 0 Å². The summed E-state index contributed by atoms with van der Waals surface area (Å²) in [7, 11) is 0. The first-order valence-corrected chi connectivity index (χ1v) is 3.38. The van der Waals surface area contributed by atoms with Gasteiger partial charge in [0.2, 0.25) is 0 Å². The molecule has 0 spiro atoms. The van der Waals surface area contributed by atoms with E-state index in [1.807, 2.05) is 6.92 Å². The fourth-order valence-corrected chi connectivity index (χ4v) is 0.505. The lowest BCUT2D eigenvalue weighted by Crippen LogP contribution is -2.06. The van der Waals surface area contributed by atoms with Crippen LogP contribution in [0.5, 0.6) is 0 Å². The average molecular weight is 148 g/mol. The third kappa shape index (κ3) is 4.15. The van der Waals surface area contributed by atoms with Gasteiger partial charge < -0.3 is 5.41 Å². The highest BCUT2D eigenvalue weighted by Gasteiger charge is 2.01. The zero-order valence-electron chi connectivity index (χ0n) is 5.41. The number of hydrogen-bond acceptors (Lipinski definition) is 2. The molecule has 0 bridgehead atoms. The van der Waals surface area contributed by atoms with Crippen molar-refractivity contribution in [3.63, 3.8) is 0 Å². The van der Waals surface area contributed by atoms with E-state index < -0.39 is 0 Å². The first-order chi connectivity index (χ1) is 4.20. The molecule has 0 rings (SSSR count). The quantitative estimate of drug-likeness (QED) is 0.477. The van der Waals surface area contributed by atoms with Crippen LogP contribution >= 0.6 is 11.6 Å². The number of Topliss-reactive ketones (excluding diaryl/α,β-unsaturated/α-hetero) is 1. The predicted molar refractivity (Wildman–Crippen MR) is 38.4 cm³/mol. The fraction of sp³-hybridized carbons (Fsp3) is 0.667. The van der Waals surface area contributed by atoms with Crippen molar-refractivity contribution < 1.29 is 4.79 Å². The normalized spacial score (nSPS) is 9.11. The van der Waals surface area contributed by atoms with Gasteiger partial charge in [-0.2, -0.15) is 0 Å². The molecule has 0 saturated carbocycles. The number of carbonyl (C=O) groups excluding carboxylic acids is 1. The van der Waals surface area contributed by atoms with Crippen molar-refractivity contribution in [2.75, 3.05) is 5.88 Å². The molecule has 0 aromatic carbocycles. The minimum absolute atomic E-state index is 0.0301. The van der Waals surface area contributed by atoms with Crippen LogP contribution in [0.25, 0.3) is 0 Å². The van der Waals surface area contributed by atoms with Gasteiger partial charge in [0.05, 0.1) is 5.88 Å². The highest BCUT2D eigenvalue weighted by atomic mass is 35.5. The van der Waals surface area contributed by atoms with Gasteiger partial charge >= 0.3 is 0 Å². The van der Waals surface area contributed by atoms with Crippen LogP contribution in [0, 0.1) is 5.41 Å². The van der Waals surface area contributed by atoms with Crippen molar-refractivity contribution >= 4 is 23.1 Å². The maximum Gasteiger partial charge on any atom is 0.153 e. The summed E-state index contributed by atoms with van der Waals surface area (Å²) in [6.07, 6.45) is 0.864. The second-order valence-corrected chi connectivity index (χ2v) is 2.07. The number of ketones is 1. The first-order valence-electron chi connectivity index (χ1n) is 2.84. The molecule has 1 N–H and O–H groups in total. The number of hydrogen-bond donors (Lipinski definition) is 1. The Kier molecular flexibility index (Phi) is 4.32. The highest BCUT2D eigenvalue weighted by Crippen LogP contribution is 1.92. The fourth-order valence-electron chi connectivity index (χ4n) is 0.410. The molecule has 0 aliphatic heterocycles. The van der Waals surface area contributed by atoms with Gasteiger partial charge in [0, 0.05) is 12.1 Å². The molecule has 0 atom stereocenters. The summed E-state index contributed by atoms with van der Waals surface area (Å²) in [6, 6.07) is 0. The molecule has 9 heavy (non-hydrogen) atoms. The minimum atomic E-state index is -0.0662. The molecule has 0 aliphatic carbocycles. The molecule has 0 aliphatic rings. The van der Waals surface area contributed by atoms with Gasteiger partial charge in [-0.05, 0) is 6.42 Å². The van der Waals surface area contributed by atoms with E-state index >= 15 is 0 Å². The maximum atomic E-state index is 10.5. The third-order valence-electron chi connectivity index (χ3n) is 0.986. The van der Waals surface area contributed by atoms with Crippen LogP contribution in [0.3, 0.4) is 0 Å². The van der Waals surface area contributed by atoms with Gasteiger partial charge in [-0.1, -0.05) is 6.92 Å². The van der Waals surface area contributed by atoms with Crippen molar-refractivity contribution in [1.82, 2.24) is 0 Å². The SMILES string of the molecule is CCC(=N)CC(=O)CCl. The highest BCUT2D eigenvalue weighted by molar-refractivity contribution is 6.29. The Labute approximate surface area is 59.7 Å². The van der Waals surface area contributed by atoms with Crippen LogP contribution in [0.2, 0.25) is 0 Å². The van der Waals surface area contributed by atoms with Crippen molar-refractivity contribution in [3.8, 4) is 0 Å². The number of carbonyl (C=O) groups is 1. The van der Waals surface area contributed by atoms with E-state index in [1.165, 1.54) is 0 Å². The van der Waals surface area contributed by atoms with Gasteiger partial charge in [0.15, 0.2) is 5.78 Å². The van der Waals surface area contributed by atoms with E-state index in [0.717, 1.165) is 0 Å². The summed E-state index contributed by atoms with van der Waals surface area (Å²) >= 11 is 5.21. The van der Waals surface area contributed by atoms with Crippen LogP contribution < -0.4 is 0 Å². The number of rotatable bonds is 4. The van der Waals surface area contributed by atoms with Crippen molar-refractivity contribution in [2.45, 2.75) is 19.8 Å². The van der Waals surface area contributed by atoms with Gasteiger partial charge in [-0.3, -0.25) is 4.79 Å². The number of halogens is 1. The van der Waals surface area contributed by atoms with Crippen molar-refractivity contribution in [1.29, 1.82) is 5.41 Å². The summed E-state index contributed by atoms with van der Waals surface area (Å²) in [5, 5.41) is 7.09. The van der Waals surface area contributed by atoms with Crippen molar-refractivity contribution in [3.05, 3.63) is 0 Å². The Balaban J connectivity index is 3.47. The molecule has 3 heteroatoms. The topological polar surface area (TPSA) is 40.9 Å². The summed E-state index contributed by atoms with van der Waals surface area (Å²) in [5.74, 6) is -0.0360. The summed E-state index contributed by atoms with van der Waals surface area (Å²) in [5.41, 5.74) is 0.459. The smallest absolute Gasteiger partial charge is 0.153 e. The van der Waals surface area contributed by atoms with Crippen LogP contribution in [0.15, 0.2) is 0 Å². The standard InChI is InChI=1S/C6H10ClNO/c1-2-5(8)3-6(9)4-7/h8H,2-4H2,1H3. The molecule has 0 unspecified atom stereocenters. The van der Waals surface area contributed by atoms with E-state index in [2.05, 4.69) is 0 Å². The van der Waals surface area contributed by atoms with Crippen molar-refractivity contribution in [2.24, 2.45) is 0 Å². The Bertz CT molecular complexity index is 108. The van der Waals surface area contributed by atoms with E-state index in [4.69, 9.17) is 17.0 Å². The Morgan fingerprint density at radius 2 is 2.22 bits per heavy atom. The molecular formula is C6H10ClNO. The lowest BCUT2D eigenvalue weighted by atomic mass is 10.2. The molecule has 0 fully saturated rings. The second-order valence-electron chi connectivity index (χ2n) is 1.81. The van der Waals surface area contributed by atoms with Gasteiger partial charge in [0.25, 0.3) is 0 Å². The largest absolute Gasteiger partial charge is 0.309 e. The lowest BCUT2D eigenvalue weighted by molar-refractivity contribution is -0.115. The van der Waals surface area contributed by atoms with Crippen LogP contribution in [0.1, 0.15) is 19.8 Å². The Morgan fingerprint density at radius 3 is 2.56 bits per heavy atom. The van der Waals surface area contributed by atoms with Gasteiger partial charge in [-0.15, -0.1) is 11.6 Å². The maximum absolute atomic E-state index is 10.5. The van der Waals surface area contributed by atoms with Gasteiger partial charge in [-0.25, -0.2) is 0 Å². The molecular weight excluding hydrogens is 138 g/mol. The molecule has 52 valence electrons. The number of alkyl halides is 1. The van der Waals surface area contributed by atoms with Crippen LogP contribution in [-0.4, -0.2) is 17.4 Å². The summed E-state index contributed by atoms with van der Waals surface area (Å²) in [6.45, 7) is 1.85. The van der Waals surface area contributed by atoms with Crippen LogP contribution in [-0.2, 0) is 4.79 Å². The summed E-state index contributed by atoms with van der Waals surface area (Å²) < 4.78 is 0. The monoisotopic (exact) mass is 147 g/mol. The molecule has 0 saturated heterocycles. The first kappa shape index (κ1) is 8.63. The Hall–Kier alpha value is -0.370. The second kappa shape index (κ2) is 4.50. The molecule has 2 nitrogen and oxygen atoms in total. The number of nitrogens with one attached hydrogen (secondary N) is 1. The Morgan fingerprint density at radius 1 is 1.67 bits per heavy atom. The van der Waals surface area contributed by atoms with E-state index in [9.17, 15) is 4.79 Å². The molecule has 0 amide bonds. The van der Waals surface area contributed by atoms with Gasteiger partial charge in [0.1, 0.15) is 0 Å². The molecule has 0 aromatic heterocycles. The zero-order chi connectivity index (χ0) is 7.28. The summed E-state index contributed by atoms with van der Waals surface area (Å²) in [4.78, 5) is 10.5. The minimum Gasteiger partial charge on any atom is -0.309 e. The lowest BCUT2D eigenvalue weighted by Gasteiger charge is -1.94.